The molecule has 0 heterocycles. The van der Waals surface area contributed by atoms with Crippen LogP contribution >= 0.6 is 0 Å². The number of hydrogen-bond donors (Lipinski definition) is 1. The first-order valence-corrected chi connectivity index (χ1v) is 7.90. The van der Waals surface area contributed by atoms with Crippen LogP contribution in [0.5, 0.6) is 5.75 Å². The van der Waals surface area contributed by atoms with Gasteiger partial charge in [0.15, 0.2) is 0 Å². The zero-order chi connectivity index (χ0) is 15.7. The number of aromatic hydroxyl groups is 1. The van der Waals surface area contributed by atoms with E-state index in [4.69, 9.17) is 0 Å². The number of phenolic OH excluding ortho intramolecular Hbond substituents is 1. The number of benzene rings is 1. The Balaban J connectivity index is 2.92. The second kappa shape index (κ2) is 9.43. The smallest absolute Gasteiger partial charge is 0.306 e. The quantitative estimate of drug-likeness (QED) is 0.688. The predicted molar refractivity (Wildman–Crippen MR) is 85.1 cm³/mol. The number of rotatable bonds is 9. The van der Waals surface area contributed by atoms with Gasteiger partial charge in [0.25, 0.3) is 0 Å². The molecular formula is C18H27O3. The summed E-state index contributed by atoms with van der Waals surface area (Å²) >= 11 is 0. The molecule has 0 aliphatic heterocycles. The van der Waals surface area contributed by atoms with Crippen molar-refractivity contribution in [1.29, 1.82) is 0 Å². The molecular weight excluding hydrogens is 264 g/mol. The Morgan fingerprint density at radius 3 is 2.05 bits per heavy atom. The van der Waals surface area contributed by atoms with Crippen molar-refractivity contribution in [3.63, 3.8) is 0 Å². The third kappa shape index (κ3) is 5.78. The second-order valence-electron chi connectivity index (χ2n) is 5.49. The minimum atomic E-state index is -0.298. The first-order valence-electron chi connectivity index (χ1n) is 7.90. The molecule has 0 aliphatic rings. The van der Waals surface area contributed by atoms with Gasteiger partial charge in [0.2, 0.25) is 0 Å². The van der Waals surface area contributed by atoms with Gasteiger partial charge in [0, 0.05) is 6.42 Å². The van der Waals surface area contributed by atoms with E-state index < -0.39 is 0 Å². The number of carbonyl (C=O) groups is 1. The molecule has 0 aromatic heterocycles. The Kier molecular flexibility index (Phi) is 7.88. The summed E-state index contributed by atoms with van der Waals surface area (Å²) in [7, 11) is 3.14. The number of hydrogen-bond acceptors (Lipinski definition) is 3. The van der Waals surface area contributed by atoms with Gasteiger partial charge in [-0.15, -0.1) is 0 Å². The fraction of sp³-hybridized carbons (Fsp3) is 0.556. The van der Waals surface area contributed by atoms with Gasteiger partial charge < -0.3 is 9.84 Å². The third-order valence-corrected chi connectivity index (χ3v) is 3.71. The van der Waals surface area contributed by atoms with Gasteiger partial charge in [-0.25, -0.2) is 0 Å². The highest BCUT2D eigenvalue weighted by Gasteiger charge is 2.11. The monoisotopic (exact) mass is 291 g/mol. The minimum absolute atomic E-state index is 0.298. The Hall–Kier alpha value is -1.51. The maximum absolute atomic E-state index is 11.2. The zero-order valence-corrected chi connectivity index (χ0v) is 13.3. The molecule has 1 N–H and O–H groups in total. The zero-order valence-electron chi connectivity index (χ0n) is 13.3. The van der Waals surface area contributed by atoms with Gasteiger partial charge in [0.05, 0.1) is 0 Å². The standard InChI is InChI=1S/C18H27O3/c1-4-6-8-15-12-14(10-11-17(19)21-3)13-16(18(15)20)9-7-5-2/h12-13,20H,3-11H2,1-2H3. The third-order valence-electron chi connectivity index (χ3n) is 3.71. The highest BCUT2D eigenvalue weighted by Crippen LogP contribution is 2.28. The molecule has 1 aromatic rings. The summed E-state index contributed by atoms with van der Waals surface area (Å²) in [4.78, 5) is 11.2. The predicted octanol–water partition coefficient (Wildman–Crippen LogP) is 4.34. The molecule has 1 rings (SSSR count). The molecule has 21 heavy (non-hydrogen) atoms. The summed E-state index contributed by atoms with van der Waals surface area (Å²) in [5, 5.41) is 10.4. The van der Waals surface area contributed by atoms with E-state index in [9.17, 15) is 9.90 Å². The molecule has 0 aliphatic carbocycles. The number of aryl methyl sites for hydroxylation is 3. The number of carbonyl (C=O) groups excluding carboxylic acids is 1. The van der Waals surface area contributed by atoms with Crippen LogP contribution in [0.15, 0.2) is 12.1 Å². The lowest BCUT2D eigenvalue weighted by Crippen LogP contribution is -2.02. The highest BCUT2D eigenvalue weighted by molar-refractivity contribution is 5.69. The van der Waals surface area contributed by atoms with Crippen LogP contribution in [-0.2, 0) is 28.8 Å². The van der Waals surface area contributed by atoms with E-state index in [1.54, 1.807) is 0 Å². The Morgan fingerprint density at radius 2 is 1.62 bits per heavy atom. The molecule has 0 unspecified atom stereocenters. The van der Waals surface area contributed by atoms with Gasteiger partial charge in [-0.2, -0.15) is 0 Å². The molecule has 0 bridgehead atoms. The topological polar surface area (TPSA) is 46.5 Å². The van der Waals surface area contributed by atoms with E-state index in [1.807, 2.05) is 12.1 Å². The van der Waals surface area contributed by atoms with Crippen LogP contribution in [0.3, 0.4) is 0 Å². The van der Waals surface area contributed by atoms with Crippen molar-refractivity contribution in [3.8, 4) is 5.75 Å². The average molecular weight is 291 g/mol. The molecule has 3 nitrogen and oxygen atoms in total. The SMILES string of the molecule is [CH2]OC(=O)CCc1cc(CCCC)c(O)c(CCCC)c1. The normalized spacial score (nSPS) is 10.6. The fourth-order valence-corrected chi connectivity index (χ4v) is 2.41. The number of esters is 1. The lowest BCUT2D eigenvalue weighted by Gasteiger charge is -2.13. The summed E-state index contributed by atoms with van der Waals surface area (Å²) in [6.07, 6.45) is 7.05. The van der Waals surface area contributed by atoms with Gasteiger partial charge in [0.1, 0.15) is 12.9 Å². The van der Waals surface area contributed by atoms with E-state index in [-0.39, 0.29) is 5.97 Å². The van der Waals surface area contributed by atoms with E-state index in [0.717, 1.165) is 55.2 Å². The molecule has 0 spiro atoms. The van der Waals surface area contributed by atoms with Crippen molar-refractivity contribution >= 4 is 5.97 Å². The molecule has 1 aromatic carbocycles. The van der Waals surface area contributed by atoms with E-state index in [1.165, 1.54) is 0 Å². The van der Waals surface area contributed by atoms with Crippen molar-refractivity contribution < 1.29 is 14.6 Å². The summed E-state index contributed by atoms with van der Waals surface area (Å²) < 4.78 is 4.45. The summed E-state index contributed by atoms with van der Waals surface area (Å²) in [5.41, 5.74) is 3.10. The molecule has 3 heteroatoms. The maximum atomic E-state index is 11.2. The fourth-order valence-electron chi connectivity index (χ4n) is 2.41. The van der Waals surface area contributed by atoms with Crippen LogP contribution in [0.4, 0.5) is 0 Å². The highest BCUT2D eigenvalue weighted by atomic mass is 16.5. The van der Waals surface area contributed by atoms with Gasteiger partial charge in [-0.3, -0.25) is 4.79 Å². The lowest BCUT2D eigenvalue weighted by molar-refractivity contribution is -0.138. The number of unbranched alkanes of at least 4 members (excludes halogenated alkanes) is 2. The van der Waals surface area contributed by atoms with Crippen molar-refractivity contribution in [3.05, 3.63) is 35.9 Å². The van der Waals surface area contributed by atoms with Crippen LogP contribution in [0, 0.1) is 7.11 Å². The van der Waals surface area contributed by atoms with Gasteiger partial charge >= 0.3 is 5.97 Å². The van der Waals surface area contributed by atoms with Crippen LogP contribution in [0.25, 0.3) is 0 Å². The molecule has 0 saturated carbocycles. The van der Waals surface area contributed by atoms with Crippen molar-refractivity contribution in [2.24, 2.45) is 0 Å². The maximum Gasteiger partial charge on any atom is 0.306 e. The Bertz CT molecular complexity index is 423. The molecule has 0 fully saturated rings. The van der Waals surface area contributed by atoms with Crippen molar-refractivity contribution in [2.45, 2.75) is 65.2 Å². The van der Waals surface area contributed by atoms with Crippen molar-refractivity contribution in [2.75, 3.05) is 0 Å². The van der Waals surface area contributed by atoms with Gasteiger partial charge in [-0.1, -0.05) is 38.8 Å². The number of ether oxygens (including phenoxy) is 1. The Morgan fingerprint density at radius 1 is 1.10 bits per heavy atom. The van der Waals surface area contributed by atoms with E-state index in [0.29, 0.717) is 18.6 Å². The van der Waals surface area contributed by atoms with Gasteiger partial charge in [-0.05, 0) is 48.8 Å². The molecule has 1 radical (unpaired) electrons. The van der Waals surface area contributed by atoms with Crippen LogP contribution in [0.2, 0.25) is 0 Å². The summed E-state index contributed by atoms with van der Waals surface area (Å²) in [6, 6.07) is 4.05. The van der Waals surface area contributed by atoms with E-state index >= 15 is 0 Å². The molecule has 0 saturated heterocycles. The van der Waals surface area contributed by atoms with Crippen LogP contribution < -0.4 is 0 Å². The molecule has 0 amide bonds. The summed E-state index contributed by atoms with van der Waals surface area (Å²) in [6.45, 7) is 4.28. The van der Waals surface area contributed by atoms with E-state index in [2.05, 4.69) is 25.7 Å². The minimum Gasteiger partial charge on any atom is -0.507 e. The molecule has 117 valence electrons. The largest absolute Gasteiger partial charge is 0.507 e. The second-order valence-corrected chi connectivity index (χ2v) is 5.49. The first kappa shape index (κ1) is 17.5. The van der Waals surface area contributed by atoms with Crippen LogP contribution in [-0.4, -0.2) is 11.1 Å². The number of phenols is 1. The summed E-state index contributed by atoms with van der Waals surface area (Å²) in [5.74, 6) is 0.147. The first-order chi connectivity index (χ1) is 10.1. The Labute approximate surface area is 128 Å². The molecule has 0 atom stereocenters. The van der Waals surface area contributed by atoms with Crippen molar-refractivity contribution in [1.82, 2.24) is 0 Å². The average Bonchev–Trinajstić information content (AvgIpc) is 2.50. The van der Waals surface area contributed by atoms with Crippen LogP contribution in [0.1, 0.15) is 62.6 Å². The lowest BCUT2D eigenvalue weighted by atomic mass is 9.95.